The van der Waals surface area contributed by atoms with Crippen LogP contribution in [0.15, 0.2) is 0 Å². The predicted octanol–water partition coefficient (Wildman–Crippen LogP) is 22.0. The van der Waals surface area contributed by atoms with Gasteiger partial charge in [0, 0.05) is 37.0 Å². The van der Waals surface area contributed by atoms with Crippen LogP contribution >= 0.6 is 21.9 Å². The zero-order valence-electron chi connectivity index (χ0n) is 39.8. The first kappa shape index (κ1) is 60.7. The molecule has 58 heavy (non-hydrogen) atoms. The van der Waals surface area contributed by atoms with E-state index in [4.69, 9.17) is 4.17 Å². The molecule has 0 aliphatic heterocycles. The van der Waals surface area contributed by atoms with Crippen molar-refractivity contribution in [2.75, 3.05) is 37.0 Å². The molecule has 0 heterocycles. The summed E-state index contributed by atoms with van der Waals surface area (Å²) in [6.07, 6.45) is 61.2. The van der Waals surface area contributed by atoms with E-state index >= 15 is 0 Å². The molecular weight excluding hydrogens is 797 g/mol. The molecule has 0 amide bonds. The average Bonchev–Trinajstić information content (AvgIpc) is 3.15. The Morgan fingerprint density at radius 2 is 0.362 bits per heavy atom. The van der Waals surface area contributed by atoms with Crippen molar-refractivity contribution in [2.24, 2.45) is 0 Å². The standard InChI is InChI=1S/C48H102NP2.F6P/c1-7-13-19-25-31-37-43-50(44-38-32-26-20-14-8-2,45-39-33-27-21-15-9-3)49-51(46-40-34-28-22-16-10-4,47-41-35-29-23-17-11-5)48-42-36-30-24-18-12-6;1-7(2,3,4,5)6/h7-48H2,1-6H3;/q+1;-1. The quantitative estimate of drug-likeness (QED) is 0.0251. The summed E-state index contributed by atoms with van der Waals surface area (Å²) in [7, 11) is -13.3. The van der Waals surface area contributed by atoms with Crippen LogP contribution in [0, 0.1) is 0 Å². The van der Waals surface area contributed by atoms with E-state index in [9.17, 15) is 25.2 Å². The molecular formula is C48H102F6NP3. The van der Waals surface area contributed by atoms with Gasteiger partial charge in [-0.2, -0.15) is 4.17 Å². The van der Waals surface area contributed by atoms with E-state index in [0.717, 1.165) is 0 Å². The fourth-order valence-electron chi connectivity index (χ4n) is 8.46. The zero-order valence-corrected chi connectivity index (χ0v) is 42.4. The van der Waals surface area contributed by atoms with Gasteiger partial charge in [-0.3, -0.25) is 0 Å². The number of halogens is 6. The minimum atomic E-state index is -10.7. The van der Waals surface area contributed by atoms with Crippen molar-refractivity contribution in [3.05, 3.63) is 0 Å². The van der Waals surface area contributed by atoms with Crippen LogP contribution in [0.1, 0.15) is 273 Å². The Balaban J connectivity index is 0. The van der Waals surface area contributed by atoms with Crippen molar-refractivity contribution >= 4 is 21.9 Å². The Labute approximate surface area is 359 Å². The van der Waals surface area contributed by atoms with E-state index < -0.39 is 21.9 Å². The third-order valence-electron chi connectivity index (χ3n) is 11.9. The van der Waals surface area contributed by atoms with Crippen LogP contribution in [-0.2, 0) is 0 Å². The summed E-state index contributed by atoms with van der Waals surface area (Å²) in [6.45, 7) is 14.2. The topological polar surface area (TPSA) is 14.1 Å². The second-order valence-corrected chi connectivity index (χ2v) is 27.9. The normalized spacial score (nSPS) is 13.5. The Hall–Kier alpha value is 0.580. The van der Waals surface area contributed by atoms with E-state index in [1.807, 2.05) is 0 Å². The molecule has 0 rings (SSSR count). The average molecular weight is 900 g/mol. The van der Waals surface area contributed by atoms with Crippen molar-refractivity contribution in [1.29, 1.82) is 0 Å². The molecule has 0 aromatic rings. The Morgan fingerprint density at radius 1 is 0.241 bits per heavy atom. The number of hydrogen-bond donors (Lipinski definition) is 0. The number of rotatable bonds is 42. The van der Waals surface area contributed by atoms with Gasteiger partial charge in [-0.15, -0.1) is 0 Å². The van der Waals surface area contributed by atoms with Crippen LogP contribution in [0.25, 0.3) is 0 Å². The summed E-state index contributed by atoms with van der Waals surface area (Å²) < 4.78 is 66.0. The molecule has 0 aliphatic carbocycles. The second-order valence-electron chi connectivity index (χ2n) is 18.2. The van der Waals surface area contributed by atoms with E-state index in [2.05, 4.69) is 41.5 Å². The summed E-state index contributed by atoms with van der Waals surface area (Å²) in [5.74, 6) is 0. The third kappa shape index (κ3) is 47.6. The van der Waals surface area contributed by atoms with Gasteiger partial charge in [0.25, 0.3) is 0 Å². The molecule has 0 aliphatic rings. The van der Waals surface area contributed by atoms with Gasteiger partial charge in [0.05, 0.1) is 0 Å². The van der Waals surface area contributed by atoms with Crippen LogP contribution in [0.2, 0.25) is 0 Å². The minimum absolute atomic E-state index is 1.31. The van der Waals surface area contributed by atoms with Gasteiger partial charge in [-0.25, -0.2) is 0 Å². The first-order valence-electron chi connectivity index (χ1n) is 25.6. The van der Waals surface area contributed by atoms with Crippen LogP contribution in [0.5, 0.6) is 0 Å². The maximum atomic E-state index is 9.87. The fourth-order valence-corrected chi connectivity index (χ4v) is 20.0. The molecule has 0 N–H and O–H groups in total. The molecule has 1 nitrogen and oxygen atoms in total. The van der Waals surface area contributed by atoms with Crippen molar-refractivity contribution < 1.29 is 25.2 Å². The molecule has 0 fully saturated rings. The molecule has 0 atom stereocenters. The summed E-state index contributed by atoms with van der Waals surface area (Å²) in [4.78, 5) is 0. The van der Waals surface area contributed by atoms with Gasteiger partial charge in [-0.05, 0) is 38.5 Å². The summed E-state index contributed by atoms with van der Waals surface area (Å²) >= 11 is 0. The summed E-state index contributed by atoms with van der Waals surface area (Å²) in [6, 6.07) is 0. The van der Waals surface area contributed by atoms with Gasteiger partial charge in [0.1, 0.15) is 0 Å². The molecule has 0 saturated carbocycles. The van der Waals surface area contributed by atoms with E-state index in [1.165, 1.54) is 268 Å². The van der Waals surface area contributed by atoms with Crippen molar-refractivity contribution in [3.63, 3.8) is 0 Å². The first-order chi connectivity index (χ1) is 27.5. The molecule has 0 aromatic carbocycles. The van der Waals surface area contributed by atoms with Crippen molar-refractivity contribution in [2.45, 2.75) is 273 Å². The maximum absolute atomic E-state index is 10.7. The monoisotopic (exact) mass is 900 g/mol. The fraction of sp³-hybridized carbons (Fsp3) is 1.00. The Morgan fingerprint density at radius 3 is 0.500 bits per heavy atom. The number of hydrogen-bond acceptors (Lipinski definition) is 0. The van der Waals surface area contributed by atoms with Gasteiger partial charge in [0.2, 0.25) is 14.1 Å². The molecule has 356 valence electrons. The van der Waals surface area contributed by atoms with Gasteiger partial charge in [-0.1, -0.05) is 234 Å². The number of nitrogens with zero attached hydrogens (tertiary/aromatic N) is 1. The van der Waals surface area contributed by atoms with Gasteiger partial charge >= 0.3 is 33.0 Å². The molecule has 0 bridgehead atoms. The van der Waals surface area contributed by atoms with E-state index in [-0.39, 0.29) is 0 Å². The van der Waals surface area contributed by atoms with Crippen molar-refractivity contribution in [3.8, 4) is 0 Å². The van der Waals surface area contributed by atoms with Gasteiger partial charge in [0.15, 0.2) is 0 Å². The van der Waals surface area contributed by atoms with Crippen LogP contribution in [-0.4, -0.2) is 37.0 Å². The summed E-state index contributed by atoms with van der Waals surface area (Å²) in [5, 5.41) is 0. The van der Waals surface area contributed by atoms with Crippen LogP contribution in [0.3, 0.4) is 0 Å². The third-order valence-corrected chi connectivity index (χ3v) is 21.9. The van der Waals surface area contributed by atoms with E-state index in [1.54, 1.807) is 0 Å². The Kier molecular flexibility index (Phi) is 38.7. The molecule has 0 spiro atoms. The first-order valence-corrected chi connectivity index (χ1v) is 32.2. The molecule has 10 heteroatoms. The zero-order chi connectivity index (χ0) is 43.8. The Bertz CT molecular complexity index is 843. The molecule has 0 saturated heterocycles. The molecule has 0 aromatic heterocycles. The molecule has 0 unspecified atom stereocenters. The SMILES string of the molecule is CCCCCCCCP(CCCCCCCC)(CCCCCCCC)=[N+]=P(CCCCCCCC)(CCCCCCCC)CCCCCCCC.F[P-](F)(F)(F)(F)F. The second kappa shape index (κ2) is 37.0. The number of unbranched alkanes of at least 4 members (excludes halogenated alkanes) is 30. The van der Waals surface area contributed by atoms with Crippen molar-refractivity contribution in [1.82, 2.24) is 4.17 Å². The predicted molar refractivity (Wildman–Crippen MR) is 259 cm³/mol. The summed E-state index contributed by atoms with van der Waals surface area (Å²) in [5.41, 5.74) is 0. The van der Waals surface area contributed by atoms with Crippen LogP contribution in [0.4, 0.5) is 25.2 Å². The van der Waals surface area contributed by atoms with E-state index in [0.29, 0.717) is 0 Å². The molecule has 0 radical (unpaired) electrons. The van der Waals surface area contributed by atoms with Gasteiger partial charge < -0.3 is 0 Å². The van der Waals surface area contributed by atoms with Crippen LogP contribution < -0.4 is 4.17 Å².